The van der Waals surface area contributed by atoms with Gasteiger partial charge in [0.05, 0.1) is 17.5 Å². The molecule has 0 unspecified atom stereocenters. The van der Waals surface area contributed by atoms with E-state index in [-0.39, 0.29) is 0 Å². The molecule has 3 heteroatoms. The number of hydrogen-bond donors (Lipinski definition) is 2. The lowest BCUT2D eigenvalue weighted by Gasteiger charge is -2.04. The van der Waals surface area contributed by atoms with E-state index in [0.29, 0.717) is 11.4 Å². The first-order chi connectivity index (χ1) is 6.11. The minimum Gasteiger partial charge on any atom is -0.397 e. The van der Waals surface area contributed by atoms with Crippen molar-refractivity contribution in [2.75, 3.05) is 5.73 Å². The maximum atomic E-state index is 9.24. The van der Waals surface area contributed by atoms with Crippen molar-refractivity contribution in [2.45, 2.75) is 20.0 Å². The van der Waals surface area contributed by atoms with Gasteiger partial charge in [-0.05, 0) is 37.6 Å². The van der Waals surface area contributed by atoms with Crippen molar-refractivity contribution >= 4 is 11.8 Å². The number of nitrogens with two attached hydrogens (primary N) is 1. The van der Waals surface area contributed by atoms with Crippen molar-refractivity contribution in [1.29, 1.82) is 0 Å². The molecule has 0 fully saturated rings. The van der Waals surface area contributed by atoms with Crippen LogP contribution in [0.15, 0.2) is 23.9 Å². The van der Waals surface area contributed by atoms with E-state index < -0.39 is 6.10 Å². The van der Waals surface area contributed by atoms with Gasteiger partial charge in [0.1, 0.15) is 0 Å². The van der Waals surface area contributed by atoms with Gasteiger partial charge in [-0.15, -0.1) is 0 Å². The highest BCUT2D eigenvalue weighted by atomic mass is 16.3. The number of anilines is 1. The van der Waals surface area contributed by atoms with Crippen LogP contribution < -0.4 is 5.73 Å². The summed E-state index contributed by atoms with van der Waals surface area (Å²) in [5.74, 6) is 0. The van der Waals surface area contributed by atoms with Crippen molar-refractivity contribution in [2.24, 2.45) is 0 Å². The summed E-state index contributed by atoms with van der Waals surface area (Å²) in [6, 6.07) is 3.57. The summed E-state index contributed by atoms with van der Waals surface area (Å²) in [6.45, 7) is 3.56. The molecular formula is C10H14N2O. The first-order valence-corrected chi connectivity index (χ1v) is 4.18. The Morgan fingerprint density at radius 3 is 2.92 bits per heavy atom. The van der Waals surface area contributed by atoms with Crippen molar-refractivity contribution in [3.05, 3.63) is 29.6 Å². The van der Waals surface area contributed by atoms with Gasteiger partial charge >= 0.3 is 0 Å². The summed E-state index contributed by atoms with van der Waals surface area (Å²) < 4.78 is 0. The molecule has 0 spiro atoms. The van der Waals surface area contributed by atoms with Crippen LogP contribution >= 0.6 is 0 Å². The Hall–Kier alpha value is -1.35. The third-order valence-electron chi connectivity index (χ3n) is 1.89. The zero-order valence-corrected chi connectivity index (χ0v) is 7.86. The Balaban J connectivity index is 2.97. The number of pyridine rings is 1. The minimum absolute atomic E-state index is 0.457. The predicted molar refractivity (Wildman–Crippen MR) is 54.0 cm³/mol. The molecule has 0 aliphatic carbocycles. The highest BCUT2D eigenvalue weighted by molar-refractivity contribution is 5.62. The molecule has 0 saturated carbocycles. The van der Waals surface area contributed by atoms with Gasteiger partial charge in [0.25, 0.3) is 0 Å². The minimum atomic E-state index is -0.457. The van der Waals surface area contributed by atoms with E-state index in [1.54, 1.807) is 31.3 Å². The molecule has 0 bridgehead atoms. The summed E-state index contributed by atoms with van der Waals surface area (Å²) >= 11 is 0. The Morgan fingerprint density at radius 1 is 1.69 bits per heavy atom. The summed E-state index contributed by atoms with van der Waals surface area (Å²) in [5, 5.41) is 9.24. The van der Waals surface area contributed by atoms with Gasteiger partial charge in [0, 0.05) is 6.20 Å². The van der Waals surface area contributed by atoms with E-state index in [4.69, 9.17) is 5.73 Å². The maximum absolute atomic E-state index is 9.24. The molecular weight excluding hydrogens is 164 g/mol. The van der Waals surface area contributed by atoms with Crippen LogP contribution in [0.1, 0.15) is 19.5 Å². The summed E-state index contributed by atoms with van der Waals surface area (Å²) in [4.78, 5) is 4.09. The molecule has 1 rings (SSSR count). The second-order valence-electron chi connectivity index (χ2n) is 3.04. The van der Waals surface area contributed by atoms with Crippen LogP contribution in [0.5, 0.6) is 0 Å². The summed E-state index contributed by atoms with van der Waals surface area (Å²) in [7, 11) is 0. The zero-order chi connectivity index (χ0) is 9.84. The Morgan fingerprint density at radius 2 is 2.38 bits per heavy atom. The van der Waals surface area contributed by atoms with Gasteiger partial charge in [0.2, 0.25) is 0 Å². The van der Waals surface area contributed by atoms with Crippen LogP contribution in [0.2, 0.25) is 0 Å². The van der Waals surface area contributed by atoms with Crippen LogP contribution in [0.3, 0.4) is 0 Å². The fourth-order valence-corrected chi connectivity index (χ4v) is 0.887. The smallest absolute Gasteiger partial charge is 0.0859 e. The molecule has 1 aromatic rings. The number of nitrogen functional groups attached to an aromatic ring is 1. The molecule has 0 aliphatic rings. The fraction of sp³-hybridized carbons (Fsp3) is 0.300. The first kappa shape index (κ1) is 9.74. The second kappa shape index (κ2) is 4.05. The quantitative estimate of drug-likeness (QED) is 0.720. The average molecular weight is 178 g/mol. The maximum Gasteiger partial charge on any atom is 0.0859 e. The largest absolute Gasteiger partial charge is 0.397 e. The third-order valence-corrected chi connectivity index (χ3v) is 1.89. The molecule has 3 nitrogen and oxygen atoms in total. The van der Waals surface area contributed by atoms with E-state index in [1.807, 2.05) is 6.92 Å². The number of rotatable bonds is 2. The van der Waals surface area contributed by atoms with Crippen molar-refractivity contribution in [3.63, 3.8) is 0 Å². The molecule has 70 valence electrons. The molecule has 0 radical (unpaired) electrons. The molecule has 0 amide bonds. The van der Waals surface area contributed by atoms with E-state index in [0.717, 1.165) is 5.57 Å². The molecule has 0 aromatic carbocycles. The number of aliphatic hydroxyl groups is 1. The molecule has 0 saturated heterocycles. The van der Waals surface area contributed by atoms with E-state index in [1.165, 1.54) is 0 Å². The average Bonchev–Trinajstić information content (AvgIpc) is 2.08. The van der Waals surface area contributed by atoms with Gasteiger partial charge in [-0.3, -0.25) is 4.98 Å². The van der Waals surface area contributed by atoms with Gasteiger partial charge in [-0.1, -0.05) is 0 Å². The summed E-state index contributed by atoms with van der Waals surface area (Å²) in [6.07, 6.45) is 3.01. The Bertz CT molecular complexity index is 318. The molecule has 0 aliphatic heterocycles. The lowest BCUT2D eigenvalue weighted by atomic mass is 10.1. The van der Waals surface area contributed by atoms with Gasteiger partial charge in [0.15, 0.2) is 0 Å². The van der Waals surface area contributed by atoms with Crippen LogP contribution in [-0.2, 0) is 0 Å². The number of aliphatic hydroxyl groups excluding tert-OH is 1. The predicted octanol–water partition coefficient (Wildman–Crippen LogP) is 1.45. The lowest BCUT2D eigenvalue weighted by molar-refractivity contribution is 0.232. The first-order valence-electron chi connectivity index (χ1n) is 4.18. The lowest BCUT2D eigenvalue weighted by Crippen LogP contribution is -2.01. The Kier molecular flexibility index (Phi) is 3.03. The fourth-order valence-electron chi connectivity index (χ4n) is 0.887. The number of hydrogen-bond acceptors (Lipinski definition) is 3. The summed E-state index contributed by atoms with van der Waals surface area (Å²) in [5.41, 5.74) is 7.87. The number of nitrogens with zero attached hydrogens (tertiary/aromatic N) is 1. The Labute approximate surface area is 77.9 Å². The normalized spacial score (nSPS) is 14.2. The van der Waals surface area contributed by atoms with Crippen LogP contribution in [0.25, 0.3) is 6.08 Å². The highest BCUT2D eigenvalue weighted by Crippen LogP contribution is 2.13. The molecule has 1 aromatic heterocycles. The van der Waals surface area contributed by atoms with Gasteiger partial charge < -0.3 is 10.8 Å². The van der Waals surface area contributed by atoms with Crippen LogP contribution in [0.4, 0.5) is 5.69 Å². The molecule has 3 N–H and O–H groups in total. The van der Waals surface area contributed by atoms with Gasteiger partial charge in [-0.25, -0.2) is 0 Å². The molecule has 13 heavy (non-hydrogen) atoms. The van der Waals surface area contributed by atoms with Gasteiger partial charge in [-0.2, -0.15) is 0 Å². The standard InChI is InChI=1S/C10H14N2O/c1-7(8(2)13)6-10-9(11)4-3-5-12-10/h3-6,8,13H,11H2,1-2H3/b7-6+/t8-/m0/s1. The SMILES string of the molecule is C/C(=C\c1ncccc1N)[C@H](C)O. The molecule has 1 atom stereocenters. The second-order valence-corrected chi connectivity index (χ2v) is 3.04. The van der Waals surface area contributed by atoms with Crippen molar-refractivity contribution in [3.8, 4) is 0 Å². The van der Waals surface area contributed by atoms with E-state index in [9.17, 15) is 5.11 Å². The number of aromatic nitrogens is 1. The van der Waals surface area contributed by atoms with Crippen LogP contribution in [0, 0.1) is 0 Å². The monoisotopic (exact) mass is 178 g/mol. The van der Waals surface area contributed by atoms with E-state index in [2.05, 4.69) is 4.98 Å². The molecule has 1 heterocycles. The zero-order valence-electron chi connectivity index (χ0n) is 7.86. The van der Waals surface area contributed by atoms with Crippen LogP contribution in [-0.4, -0.2) is 16.2 Å². The highest BCUT2D eigenvalue weighted by Gasteiger charge is 2.00. The van der Waals surface area contributed by atoms with Crippen molar-refractivity contribution in [1.82, 2.24) is 4.98 Å². The third kappa shape index (κ3) is 2.56. The topological polar surface area (TPSA) is 59.1 Å². The van der Waals surface area contributed by atoms with E-state index >= 15 is 0 Å². The van der Waals surface area contributed by atoms with Crippen molar-refractivity contribution < 1.29 is 5.11 Å².